The van der Waals surface area contributed by atoms with Gasteiger partial charge in [-0.25, -0.2) is 8.78 Å². The van der Waals surface area contributed by atoms with Crippen LogP contribution < -0.4 is 10.6 Å². The van der Waals surface area contributed by atoms with Crippen LogP contribution >= 0.6 is 0 Å². The highest BCUT2D eigenvalue weighted by Crippen LogP contribution is 2.15. The topological polar surface area (TPSA) is 113 Å². The van der Waals surface area contributed by atoms with Gasteiger partial charge in [-0.1, -0.05) is 0 Å². The van der Waals surface area contributed by atoms with Crippen LogP contribution in [0, 0.1) is 5.92 Å². The number of amides is 2. The molecule has 2 amide bonds. The molecular weight excluding hydrogens is 278 g/mol. The molecule has 0 bridgehead atoms. The molecule has 2 atom stereocenters. The predicted molar refractivity (Wildman–Crippen MR) is 63.0 cm³/mol. The SMILES string of the molecule is CC(=O)NCC(=O)C(CC(=O)N[C@@H](C)C(=O)O)C(F)F. The Morgan fingerprint density at radius 2 is 1.75 bits per heavy atom. The van der Waals surface area contributed by atoms with Crippen LogP contribution in [0.25, 0.3) is 0 Å². The summed E-state index contributed by atoms with van der Waals surface area (Å²) in [5, 5.41) is 12.6. The van der Waals surface area contributed by atoms with Crippen molar-refractivity contribution in [3.8, 4) is 0 Å². The zero-order valence-electron chi connectivity index (χ0n) is 11.0. The molecular formula is C11H16F2N2O5. The third-order valence-corrected chi connectivity index (χ3v) is 2.38. The number of carbonyl (C=O) groups excluding carboxylic acids is 3. The summed E-state index contributed by atoms with van der Waals surface area (Å²) in [5.41, 5.74) is 0. The van der Waals surface area contributed by atoms with Crippen LogP contribution in [0.3, 0.4) is 0 Å². The van der Waals surface area contributed by atoms with E-state index in [0.717, 1.165) is 13.8 Å². The summed E-state index contributed by atoms with van der Waals surface area (Å²) >= 11 is 0. The van der Waals surface area contributed by atoms with Crippen LogP contribution in [0.15, 0.2) is 0 Å². The lowest BCUT2D eigenvalue weighted by molar-refractivity contribution is -0.142. The third-order valence-electron chi connectivity index (χ3n) is 2.38. The minimum atomic E-state index is -3.08. The molecule has 0 aliphatic heterocycles. The number of carboxylic acids is 1. The first-order valence-corrected chi connectivity index (χ1v) is 5.72. The van der Waals surface area contributed by atoms with Gasteiger partial charge >= 0.3 is 5.97 Å². The van der Waals surface area contributed by atoms with E-state index in [0.29, 0.717) is 0 Å². The molecule has 1 unspecified atom stereocenters. The number of rotatable bonds is 8. The molecule has 0 aromatic rings. The lowest BCUT2D eigenvalue weighted by Gasteiger charge is -2.16. The molecule has 0 aromatic heterocycles. The number of halogens is 2. The van der Waals surface area contributed by atoms with Gasteiger partial charge in [-0.2, -0.15) is 0 Å². The molecule has 9 heteroatoms. The number of carboxylic acid groups (broad SMARTS) is 1. The van der Waals surface area contributed by atoms with Crippen LogP contribution in [0.5, 0.6) is 0 Å². The van der Waals surface area contributed by atoms with Crippen molar-refractivity contribution in [1.82, 2.24) is 10.6 Å². The number of carbonyl (C=O) groups is 4. The Morgan fingerprint density at radius 1 is 1.20 bits per heavy atom. The molecule has 0 aromatic carbocycles. The van der Waals surface area contributed by atoms with Gasteiger partial charge in [0.05, 0.1) is 12.5 Å². The fourth-order valence-electron chi connectivity index (χ4n) is 1.25. The van der Waals surface area contributed by atoms with E-state index in [9.17, 15) is 28.0 Å². The summed E-state index contributed by atoms with van der Waals surface area (Å²) < 4.78 is 25.4. The molecule has 0 aliphatic rings. The number of aliphatic carboxylic acids is 1. The van der Waals surface area contributed by atoms with Gasteiger partial charge in [0.1, 0.15) is 6.04 Å². The van der Waals surface area contributed by atoms with Crippen molar-refractivity contribution in [2.45, 2.75) is 32.7 Å². The van der Waals surface area contributed by atoms with Crippen molar-refractivity contribution >= 4 is 23.6 Å². The summed E-state index contributed by atoms with van der Waals surface area (Å²) in [7, 11) is 0. The van der Waals surface area contributed by atoms with E-state index in [1.54, 1.807) is 0 Å². The van der Waals surface area contributed by atoms with Crippen LogP contribution in [0.4, 0.5) is 8.78 Å². The van der Waals surface area contributed by atoms with Crippen molar-refractivity contribution in [1.29, 1.82) is 0 Å². The van der Waals surface area contributed by atoms with Gasteiger partial charge in [0, 0.05) is 13.3 Å². The van der Waals surface area contributed by atoms with E-state index in [-0.39, 0.29) is 0 Å². The predicted octanol–water partition coefficient (Wildman–Crippen LogP) is -0.448. The van der Waals surface area contributed by atoms with Crippen molar-refractivity contribution in [3.05, 3.63) is 0 Å². The van der Waals surface area contributed by atoms with Crippen LogP contribution in [0.2, 0.25) is 0 Å². The highest BCUT2D eigenvalue weighted by Gasteiger charge is 2.31. The maximum Gasteiger partial charge on any atom is 0.325 e. The number of alkyl halides is 2. The average molecular weight is 294 g/mol. The van der Waals surface area contributed by atoms with E-state index >= 15 is 0 Å². The third kappa shape index (κ3) is 6.76. The summed E-state index contributed by atoms with van der Waals surface area (Å²) in [4.78, 5) is 43.9. The van der Waals surface area contributed by atoms with Gasteiger partial charge in [-0.3, -0.25) is 19.2 Å². The Bertz CT molecular complexity index is 400. The number of hydrogen-bond donors (Lipinski definition) is 3. The first-order valence-electron chi connectivity index (χ1n) is 5.72. The maximum atomic E-state index is 12.7. The number of Topliss-reactive ketones (excluding diaryl/α,β-unsaturated/α-hetero) is 1. The molecule has 0 radical (unpaired) electrons. The minimum absolute atomic E-state index is 0.560. The van der Waals surface area contributed by atoms with Crippen LogP contribution in [0.1, 0.15) is 20.3 Å². The van der Waals surface area contributed by atoms with E-state index in [1.165, 1.54) is 0 Å². The second kappa shape index (κ2) is 8.18. The van der Waals surface area contributed by atoms with E-state index in [4.69, 9.17) is 5.11 Å². The van der Waals surface area contributed by atoms with Gasteiger partial charge in [0.15, 0.2) is 5.78 Å². The summed E-state index contributed by atoms with van der Waals surface area (Å²) in [6.07, 6.45) is -3.92. The molecule has 0 heterocycles. The smallest absolute Gasteiger partial charge is 0.325 e. The monoisotopic (exact) mass is 294 g/mol. The van der Waals surface area contributed by atoms with Crippen LogP contribution in [-0.4, -0.2) is 47.7 Å². The van der Waals surface area contributed by atoms with E-state index in [2.05, 4.69) is 5.32 Å². The number of hydrogen-bond acceptors (Lipinski definition) is 4. The van der Waals surface area contributed by atoms with Gasteiger partial charge < -0.3 is 15.7 Å². The Hall–Kier alpha value is -2.06. The van der Waals surface area contributed by atoms with E-state index in [1.807, 2.05) is 5.32 Å². The fourth-order valence-corrected chi connectivity index (χ4v) is 1.25. The quantitative estimate of drug-likeness (QED) is 0.561. The van der Waals surface area contributed by atoms with Crippen molar-refractivity contribution in [2.75, 3.05) is 6.54 Å². The van der Waals surface area contributed by atoms with Gasteiger partial charge in [0.2, 0.25) is 18.2 Å². The van der Waals surface area contributed by atoms with E-state index < -0.39 is 54.9 Å². The largest absolute Gasteiger partial charge is 0.480 e. The second-order valence-electron chi connectivity index (χ2n) is 4.15. The molecule has 0 saturated heterocycles. The first kappa shape index (κ1) is 17.9. The Morgan fingerprint density at radius 3 is 2.15 bits per heavy atom. The second-order valence-corrected chi connectivity index (χ2v) is 4.15. The molecule has 114 valence electrons. The Kier molecular flexibility index (Phi) is 7.34. The first-order chi connectivity index (χ1) is 9.15. The highest BCUT2D eigenvalue weighted by atomic mass is 19.3. The fraction of sp³-hybridized carbons (Fsp3) is 0.636. The van der Waals surface area contributed by atoms with Crippen molar-refractivity contribution < 1.29 is 33.1 Å². The van der Waals surface area contributed by atoms with Gasteiger partial charge in [0.25, 0.3) is 0 Å². The molecule has 3 N–H and O–H groups in total. The lowest BCUT2D eigenvalue weighted by Crippen LogP contribution is -2.42. The Labute approximate surface area is 113 Å². The molecule has 0 rings (SSSR count). The molecule has 0 saturated carbocycles. The van der Waals surface area contributed by atoms with Crippen molar-refractivity contribution in [2.24, 2.45) is 5.92 Å². The number of nitrogens with one attached hydrogen (secondary N) is 2. The molecule has 7 nitrogen and oxygen atoms in total. The normalized spacial score (nSPS) is 13.4. The zero-order valence-corrected chi connectivity index (χ0v) is 11.0. The maximum absolute atomic E-state index is 12.7. The van der Waals surface area contributed by atoms with Gasteiger partial charge in [-0.15, -0.1) is 0 Å². The standard InChI is InChI=1S/C11H16F2N2O5/c1-5(11(19)20)15-9(18)3-7(10(12)13)8(17)4-14-6(2)16/h5,7,10H,3-4H2,1-2H3,(H,14,16)(H,15,18)(H,19,20)/t5-,7?/m0/s1. The van der Waals surface area contributed by atoms with Crippen LogP contribution in [-0.2, 0) is 19.2 Å². The highest BCUT2D eigenvalue weighted by molar-refractivity contribution is 5.91. The zero-order chi connectivity index (χ0) is 15.9. The number of ketones is 1. The average Bonchev–Trinajstić information content (AvgIpc) is 2.32. The molecule has 0 spiro atoms. The summed E-state index contributed by atoms with van der Waals surface area (Å²) in [5.74, 6) is -5.73. The summed E-state index contributed by atoms with van der Waals surface area (Å²) in [6.45, 7) is 1.68. The minimum Gasteiger partial charge on any atom is -0.480 e. The lowest BCUT2D eigenvalue weighted by atomic mass is 10.00. The Balaban J connectivity index is 4.54. The van der Waals surface area contributed by atoms with Gasteiger partial charge in [-0.05, 0) is 6.92 Å². The van der Waals surface area contributed by atoms with Crippen molar-refractivity contribution in [3.63, 3.8) is 0 Å². The molecule has 20 heavy (non-hydrogen) atoms. The molecule has 0 fully saturated rings. The summed E-state index contributed by atoms with van der Waals surface area (Å²) in [6, 6.07) is -1.24. The molecule has 0 aliphatic carbocycles.